The second-order valence-electron chi connectivity index (χ2n) is 7.15. The molecule has 1 fully saturated rings. The summed E-state index contributed by atoms with van der Waals surface area (Å²) in [6.07, 6.45) is 2.12. The lowest BCUT2D eigenvalue weighted by Gasteiger charge is -2.34. The number of likely N-dealkylation sites (N-methyl/N-ethyl adjacent to an activating group) is 1. The Hall–Kier alpha value is -2.00. The van der Waals surface area contributed by atoms with Gasteiger partial charge in [-0.3, -0.25) is 4.79 Å². The van der Waals surface area contributed by atoms with Crippen LogP contribution in [0.5, 0.6) is 0 Å². The molecule has 0 aromatic carbocycles. The summed E-state index contributed by atoms with van der Waals surface area (Å²) in [5, 5.41) is 5.79. The minimum Gasteiger partial charge on any atom is -0.354 e. The first-order valence-corrected chi connectivity index (χ1v) is 12.1. The Morgan fingerprint density at radius 1 is 1.20 bits per heavy atom. The molecule has 158 valence electrons. The number of hydrogen-bond donors (Lipinski definition) is 1. The van der Waals surface area contributed by atoms with Crippen LogP contribution in [0.15, 0.2) is 35.8 Å². The molecule has 9 heteroatoms. The molecule has 0 aliphatic carbocycles. The van der Waals surface area contributed by atoms with Crippen molar-refractivity contribution in [3.05, 3.63) is 51.4 Å². The Bertz CT molecular complexity index is 979. The van der Waals surface area contributed by atoms with Crippen LogP contribution in [0.1, 0.15) is 18.2 Å². The summed E-state index contributed by atoms with van der Waals surface area (Å²) in [6.45, 7) is 7.93. The van der Waals surface area contributed by atoms with E-state index in [-0.39, 0.29) is 12.3 Å². The second-order valence-corrected chi connectivity index (χ2v) is 9.72. The van der Waals surface area contributed by atoms with Gasteiger partial charge in [0.25, 0.3) is 0 Å². The van der Waals surface area contributed by atoms with Crippen LogP contribution in [0.4, 0.5) is 5.82 Å². The molecule has 0 unspecified atom stereocenters. The Labute approximate surface area is 189 Å². The molecule has 0 bridgehead atoms. The summed E-state index contributed by atoms with van der Waals surface area (Å²) in [5.74, 6) is 0.959. The third kappa shape index (κ3) is 5.37. The van der Waals surface area contributed by atoms with Gasteiger partial charge in [0.05, 0.1) is 21.3 Å². The van der Waals surface area contributed by atoms with Crippen LogP contribution in [-0.2, 0) is 17.8 Å². The van der Waals surface area contributed by atoms with Crippen molar-refractivity contribution < 1.29 is 4.79 Å². The van der Waals surface area contributed by atoms with Gasteiger partial charge in [0.15, 0.2) is 0 Å². The maximum Gasteiger partial charge on any atom is 0.226 e. The normalized spacial score (nSPS) is 14.8. The first kappa shape index (κ1) is 21.2. The van der Waals surface area contributed by atoms with Crippen molar-refractivity contribution in [1.82, 2.24) is 20.2 Å². The fourth-order valence-corrected chi connectivity index (χ4v) is 5.29. The Kier molecular flexibility index (Phi) is 6.99. The van der Waals surface area contributed by atoms with Gasteiger partial charge in [-0.25, -0.2) is 9.97 Å². The van der Waals surface area contributed by atoms with Gasteiger partial charge in [-0.1, -0.05) is 24.6 Å². The summed E-state index contributed by atoms with van der Waals surface area (Å²) in [4.78, 5) is 27.2. The zero-order chi connectivity index (χ0) is 20.9. The fourth-order valence-electron chi connectivity index (χ4n) is 3.36. The highest BCUT2D eigenvalue weighted by Gasteiger charge is 2.16. The number of hydrogen-bond acceptors (Lipinski definition) is 7. The molecule has 0 saturated carbocycles. The first-order chi connectivity index (χ1) is 14.6. The number of amides is 1. The summed E-state index contributed by atoms with van der Waals surface area (Å²) in [7, 11) is 0. The number of halogens is 1. The van der Waals surface area contributed by atoms with E-state index >= 15 is 0 Å². The standard InChI is InChI=1S/C21H24ClN5OS2/c1-2-26-7-9-27(10-8-26)19-6-3-15(12-23-19)13-24-20(28)11-16-14-29-21(25-16)17-4-5-18(22)30-17/h3-6,12,14H,2,7-11,13H2,1H3,(H,24,28). The van der Waals surface area contributed by atoms with E-state index in [1.807, 2.05) is 35.8 Å². The van der Waals surface area contributed by atoms with Crippen LogP contribution in [-0.4, -0.2) is 53.5 Å². The van der Waals surface area contributed by atoms with Crippen molar-refractivity contribution in [1.29, 1.82) is 0 Å². The predicted octanol–water partition coefficient (Wildman–Crippen LogP) is 3.92. The van der Waals surface area contributed by atoms with Crippen LogP contribution in [0.2, 0.25) is 4.34 Å². The quantitative estimate of drug-likeness (QED) is 0.577. The van der Waals surface area contributed by atoms with Gasteiger partial charge in [-0.15, -0.1) is 22.7 Å². The minimum absolute atomic E-state index is 0.0455. The molecule has 30 heavy (non-hydrogen) atoms. The molecule has 0 radical (unpaired) electrons. The zero-order valence-corrected chi connectivity index (χ0v) is 19.2. The third-order valence-corrected chi connectivity index (χ3v) is 7.41. The van der Waals surface area contributed by atoms with Gasteiger partial charge in [0.1, 0.15) is 10.8 Å². The van der Waals surface area contributed by atoms with Crippen molar-refractivity contribution in [3.63, 3.8) is 0 Å². The van der Waals surface area contributed by atoms with Gasteiger partial charge in [-0.2, -0.15) is 0 Å². The summed E-state index contributed by atoms with van der Waals surface area (Å²) in [5.41, 5.74) is 1.77. The SMILES string of the molecule is CCN1CCN(c2ccc(CNC(=O)Cc3csc(-c4ccc(Cl)s4)n3)cn2)CC1. The molecule has 1 aliphatic rings. The molecule has 0 spiro atoms. The van der Waals surface area contributed by atoms with Crippen LogP contribution < -0.4 is 10.2 Å². The molecule has 1 aliphatic heterocycles. The maximum absolute atomic E-state index is 12.3. The predicted molar refractivity (Wildman–Crippen MR) is 125 cm³/mol. The monoisotopic (exact) mass is 461 g/mol. The molecule has 4 heterocycles. The lowest BCUT2D eigenvalue weighted by Crippen LogP contribution is -2.46. The largest absolute Gasteiger partial charge is 0.354 e. The van der Waals surface area contributed by atoms with Crippen LogP contribution in [0.3, 0.4) is 0 Å². The molecule has 4 rings (SSSR count). The topological polar surface area (TPSA) is 61.4 Å². The van der Waals surface area contributed by atoms with Gasteiger partial charge >= 0.3 is 0 Å². The zero-order valence-electron chi connectivity index (χ0n) is 16.8. The first-order valence-electron chi connectivity index (χ1n) is 9.99. The van der Waals surface area contributed by atoms with Crippen molar-refractivity contribution >= 4 is 46.0 Å². The number of thiazole rings is 1. The molecular weight excluding hydrogens is 438 g/mol. The number of pyridine rings is 1. The van der Waals surface area contributed by atoms with Crippen LogP contribution >= 0.6 is 34.3 Å². The third-order valence-electron chi connectivity index (χ3n) is 5.12. The van der Waals surface area contributed by atoms with E-state index < -0.39 is 0 Å². The average Bonchev–Trinajstić information content (AvgIpc) is 3.41. The van der Waals surface area contributed by atoms with Gasteiger partial charge in [0, 0.05) is 44.3 Å². The Morgan fingerprint density at radius 3 is 2.70 bits per heavy atom. The number of carbonyl (C=O) groups excluding carboxylic acids is 1. The second kappa shape index (κ2) is 9.87. The number of carbonyl (C=O) groups is 1. The van der Waals surface area contributed by atoms with Gasteiger partial charge in [-0.05, 0) is 30.3 Å². The number of rotatable bonds is 7. The highest BCUT2D eigenvalue weighted by atomic mass is 35.5. The highest BCUT2D eigenvalue weighted by molar-refractivity contribution is 7.23. The van der Waals surface area contributed by atoms with Gasteiger partial charge < -0.3 is 15.1 Å². The molecule has 3 aromatic heterocycles. The number of nitrogens with one attached hydrogen (secondary N) is 1. The summed E-state index contributed by atoms with van der Waals surface area (Å²) in [6, 6.07) is 7.90. The Balaban J connectivity index is 1.25. The molecule has 6 nitrogen and oxygen atoms in total. The van der Waals surface area contributed by atoms with E-state index in [1.165, 1.54) is 22.7 Å². The number of nitrogens with zero attached hydrogens (tertiary/aromatic N) is 4. The fraction of sp³-hybridized carbons (Fsp3) is 0.381. The van der Waals surface area contributed by atoms with Crippen molar-refractivity contribution in [2.45, 2.75) is 19.9 Å². The number of thiophene rings is 1. The summed E-state index contributed by atoms with van der Waals surface area (Å²) < 4.78 is 0.738. The van der Waals surface area contributed by atoms with Crippen molar-refractivity contribution in [3.8, 4) is 9.88 Å². The van der Waals surface area contributed by atoms with Crippen LogP contribution in [0.25, 0.3) is 9.88 Å². The van der Waals surface area contributed by atoms with E-state index in [0.717, 1.165) is 64.0 Å². The molecule has 1 N–H and O–H groups in total. The van der Waals surface area contributed by atoms with E-state index in [2.05, 4.69) is 32.0 Å². The summed E-state index contributed by atoms with van der Waals surface area (Å²) >= 11 is 9.01. The van der Waals surface area contributed by atoms with E-state index in [9.17, 15) is 4.79 Å². The lowest BCUT2D eigenvalue weighted by atomic mass is 10.2. The molecular formula is C21H24ClN5OS2. The van der Waals surface area contributed by atoms with E-state index in [1.54, 1.807) is 0 Å². The number of piperazine rings is 1. The molecule has 0 atom stereocenters. The number of anilines is 1. The molecule has 1 amide bonds. The molecule has 3 aromatic rings. The van der Waals surface area contributed by atoms with Crippen molar-refractivity contribution in [2.75, 3.05) is 37.6 Å². The highest BCUT2D eigenvalue weighted by Crippen LogP contribution is 2.32. The minimum atomic E-state index is -0.0455. The number of aromatic nitrogens is 2. The smallest absolute Gasteiger partial charge is 0.226 e. The van der Waals surface area contributed by atoms with Gasteiger partial charge in [0.2, 0.25) is 5.91 Å². The average molecular weight is 462 g/mol. The maximum atomic E-state index is 12.3. The Morgan fingerprint density at radius 2 is 2.03 bits per heavy atom. The van der Waals surface area contributed by atoms with Crippen molar-refractivity contribution in [2.24, 2.45) is 0 Å². The van der Waals surface area contributed by atoms with E-state index in [0.29, 0.717) is 6.54 Å². The molecule has 1 saturated heterocycles. The van der Waals surface area contributed by atoms with Crippen LogP contribution in [0, 0.1) is 0 Å². The van der Waals surface area contributed by atoms with E-state index in [4.69, 9.17) is 11.6 Å². The lowest BCUT2D eigenvalue weighted by molar-refractivity contribution is -0.120.